The first-order valence-corrected chi connectivity index (χ1v) is 7.24. The van der Waals surface area contributed by atoms with Crippen molar-refractivity contribution < 1.29 is 13.9 Å². The van der Waals surface area contributed by atoms with Crippen LogP contribution in [0.5, 0.6) is 5.75 Å². The molecule has 0 fully saturated rings. The third kappa shape index (κ3) is 2.72. The van der Waals surface area contributed by atoms with Crippen LogP contribution in [0.15, 0.2) is 71.5 Å². The number of pyridine rings is 2. The van der Waals surface area contributed by atoms with Gasteiger partial charge in [-0.15, -0.1) is 0 Å². The molecule has 0 saturated carbocycles. The maximum absolute atomic E-state index is 12.1. The van der Waals surface area contributed by atoms with Gasteiger partial charge in [0, 0.05) is 24.7 Å². The molecule has 1 aromatic carbocycles. The number of carbonyl (C=O) groups excluding carboxylic acids is 1. The van der Waals surface area contributed by atoms with Crippen LogP contribution < -0.4 is 4.74 Å². The third-order valence-electron chi connectivity index (χ3n) is 3.35. The summed E-state index contributed by atoms with van der Waals surface area (Å²) in [5, 5.41) is 0. The van der Waals surface area contributed by atoms with E-state index < -0.39 is 5.97 Å². The Hall–Kier alpha value is -3.54. The van der Waals surface area contributed by atoms with Crippen LogP contribution >= 0.6 is 0 Å². The number of carbonyl (C=O) groups is 1. The Kier molecular flexibility index (Phi) is 3.47. The lowest BCUT2D eigenvalue weighted by atomic mass is 10.3. The second-order valence-corrected chi connectivity index (χ2v) is 4.99. The highest BCUT2D eigenvalue weighted by atomic mass is 16.5. The minimum atomic E-state index is -0.480. The van der Waals surface area contributed by atoms with E-state index in [-0.39, 0.29) is 0 Å². The number of nitrogens with zero attached hydrogens (tertiary/aromatic N) is 3. The summed E-state index contributed by atoms with van der Waals surface area (Å²) in [7, 11) is 0. The molecule has 6 nitrogen and oxygen atoms in total. The number of hydrogen-bond donors (Lipinski definition) is 0. The van der Waals surface area contributed by atoms with Crippen LogP contribution in [-0.2, 0) is 0 Å². The van der Waals surface area contributed by atoms with Crippen LogP contribution in [-0.4, -0.2) is 20.9 Å². The zero-order valence-corrected chi connectivity index (χ0v) is 12.4. The quantitative estimate of drug-likeness (QED) is 0.425. The Labute approximate surface area is 136 Å². The smallest absolute Gasteiger partial charge is 0.345 e. The number of benzene rings is 1. The Morgan fingerprint density at radius 1 is 1.04 bits per heavy atom. The first-order chi connectivity index (χ1) is 11.8. The highest BCUT2D eigenvalue weighted by Crippen LogP contribution is 2.26. The van der Waals surface area contributed by atoms with Crippen LogP contribution in [0.25, 0.3) is 22.7 Å². The topological polar surface area (TPSA) is 78.1 Å². The van der Waals surface area contributed by atoms with Crippen LogP contribution in [0.3, 0.4) is 0 Å². The van der Waals surface area contributed by atoms with Crippen molar-refractivity contribution in [3.05, 3.63) is 72.7 Å². The van der Waals surface area contributed by atoms with Gasteiger partial charge >= 0.3 is 5.97 Å². The lowest BCUT2D eigenvalue weighted by molar-refractivity contribution is 0.0734. The Balaban J connectivity index is 1.63. The predicted molar refractivity (Wildman–Crippen MR) is 86.4 cm³/mol. The molecule has 3 heterocycles. The minimum absolute atomic E-state index is 0.375. The summed E-state index contributed by atoms with van der Waals surface area (Å²) in [6, 6.07) is 13.8. The molecule has 0 spiro atoms. The van der Waals surface area contributed by atoms with Crippen molar-refractivity contribution in [2.75, 3.05) is 0 Å². The maximum Gasteiger partial charge on any atom is 0.345 e. The number of esters is 1. The standard InChI is InChI=1S/C18H11N3O3/c22-18(12-4-3-8-19-11-12)23-13-6-7-14-16(10-13)24-17(21-14)15-5-1-2-9-20-15/h1-11H. The average Bonchev–Trinajstić information content (AvgIpc) is 3.06. The molecule has 0 bridgehead atoms. The molecule has 0 unspecified atom stereocenters. The predicted octanol–water partition coefficient (Wildman–Crippen LogP) is 3.50. The lowest BCUT2D eigenvalue weighted by Gasteiger charge is -2.03. The van der Waals surface area contributed by atoms with Crippen molar-refractivity contribution in [2.45, 2.75) is 0 Å². The van der Waals surface area contributed by atoms with Crippen molar-refractivity contribution in [2.24, 2.45) is 0 Å². The molecule has 24 heavy (non-hydrogen) atoms. The fraction of sp³-hybridized carbons (Fsp3) is 0. The van der Waals surface area contributed by atoms with Gasteiger partial charge in [0.1, 0.15) is 17.0 Å². The van der Waals surface area contributed by atoms with Crippen molar-refractivity contribution in [3.8, 4) is 17.3 Å². The molecule has 0 radical (unpaired) electrons. The van der Waals surface area contributed by atoms with Crippen LogP contribution in [0, 0.1) is 0 Å². The van der Waals surface area contributed by atoms with Gasteiger partial charge in [-0.25, -0.2) is 9.78 Å². The Bertz CT molecular complexity index is 998. The monoisotopic (exact) mass is 317 g/mol. The van der Waals surface area contributed by atoms with Gasteiger partial charge in [0.2, 0.25) is 5.89 Å². The maximum atomic E-state index is 12.1. The summed E-state index contributed by atoms with van der Waals surface area (Å²) in [5.74, 6) is 0.313. The second-order valence-electron chi connectivity index (χ2n) is 4.99. The van der Waals surface area contributed by atoms with Gasteiger partial charge in [0.15, 0.2) is 5.58 Å². The van der Waals surface area contributed by atoms with Gasteiger partial charge in [-0.05, 0) is 36.4 Å². The summed E-state index contributed by atoms with van der Waals surface area (Å²) < 4.78 is 11.0. The molecule has 0 N–H and O–H groups in total. The largest absolute Gasteiger partial charge is 0.435 e. The van der Waals surface area contributed by atoms with E-state index >= 15 is 0 Å². The minimum Gasteiger partial charge on any atom is -0.435 e. The number of hydrogen-bond acceptors (Lipinski definition) is 6. The normalized spacial score (nSPS) is 10.7. The molecule has 0 aliphatic carbocycles. The van der Waals surface area contributed by atoms with Gasteiger partial charge in [-0.1, -0.05) is 6.07 Å². The molecule has 3 aromatic heterocycles. The van der Waals surface area contributed by atoms with E-state index in [0.717, 1.165) is 0 Å². The first-order valence-electron chi connectivity index (χ1n) is 7.24. The zero-order chi connectivity index (χ0) is 16.4. The molecule has 4 aromatic rings. The average molecular weight is 317 g/mol. The van der Waals surface area contributed by atoms with Crippen LogP contribution in [0.2, 0.25) is 0 Å². The highest BCUT2D eigenvalue weighted by molar-refractivity contribution is 5.91. The second kappa shape index (κ2) is 5.92. The van der Waals surface area contributed by atoms with Crippen molar-refractivity contribution >= 4 is 17.1 Å². The van der Waals surface area contributed by atoms with E-state index in [1.165, 1.54) is 6.20 Å². The molecule has 0 aliphatic heterocycles. The van der Waals surface area contributed by atoms with E-state index in [2.05, 4.69) is 15.0 Å². The summed E-state index contributed by atoms with van der Waals surface area (Å²) in [6.45, 7) is 0. The van der Waals surface area contributed by atoms with Crippen LogP contribution in [0.1, 0.15) is 10.4 Å². The van der Waals surface area contributed by atoms with Crippen LogP contribution in [0.4, 0.5) is 0 Å². The summed E-state index contributed by atoms with van der Waals surface area (Å²) >= 11 is 0. The van der Waals surface area contributed by atoms with Crippen molar-refractivity contribution in [3.63, 3.8) is 0 Å². The molecule has 4 rings (SSSR count). The Morgan fingerprint density at radius 3 is 2.79 bits per heavy atom. The molecular formula is C18H11N3O3. The number of aromatic nitrogens is 3. The van der Waals surface area contributed by atoms with E-state index in [4.69, 9.17) is 9.15 Å². The first kappa shape index (κ1) is 14.1. The number of fused-ring (bicyclic) bond motifs is 1. The van der Waals surface area contributed by atoms with Crippen molar-refractivity contribution in [1.82, 2.24) is 15.0 Å². The summed E-state index contributed by atoms with van der Waals surface area (Å²) in [4.78, 5) is 24.5. The number of rotatable bonds is 3. The molecule has 0 amide bonds. The molecule has 0 atom stereocenters. The third-order valence-corrected chi connectivity index (χ3v) is 3.35. The highest BCUT2D eigenvalue weighted by Gasteiger charge is 2.12. The molecule has 0 aliphatic rings. The SMILES string of the molecule is O=C(Oc1ccc2nc(-c3ccccn3)oc2c1)c1cccnc1. The number of oxazole rings is 1. The fourth-order valence-electron chi connectivity index (χ4n) is 2.22. The Morgan fingerprint density at radius 2 is 2.00 bits per heavy atom. The summed E-state index contributed by atoms with van der Waals surface area (Å²) in [6.07, 6.45) is 4.72. The van der Waals surface area contributed by atoms with Gasteiger partial charge in [0.25, 0.3) is 0 Å². The van der Waals surface area contributed by atoms with Crippen molar-refractivity contribution in [1.29, 1.82) is 0 Å². The molecule has 6 heteroatoms. The summed E-state index contributed by atoms with van der Waals surface area (Å²) in [5.41, 5.74) is 2.20. The number of ether oxygens (including phenoxy) is 1. The van der Waals surface area contributed by atoms with Gasteiger partial charge < -0.3 is 9.15 Å². The lowest BCUT2D eigenvalue weighted by Crippen LogP contribution is -2.08. The zero-order valence-electron chi connectivity index (χ0n) is 12.4. The molecule has 0 saturated heterocycles. The van der Waals surface area contributed by atoms with E-state index in [1.54, 1.807) is 42.7 Å². The fourth-order valence-corrected chi connectivity index (χ4v) is 2.22. The molecule has 116 valence electrons. The van der Waals surface area contributed by atoms with E-state index in [0.29, 0.717) is 34.0 Å². The van der Waals surface area contributed by atoms with E-state index in [9.17, 15) is 4.79 Å². The van der Waals surface area contributed by atoms with Gasteiger partial charge in [-0.3, -0.25) is 9.97 Å². The van der Waals surface area contributed by atoms with E-state index in [1.807, 2.05) is 18.2 Å². The van der Waals surface area contributed by atoms with Gasteiger partial charge in [0.05, 0.1) is 5.56 Å². The van der Waals surface area contributed by atoms with Gasteiger partial charge in [-0.2, -0.15) is 0 Å². The molecular weight excluding hydrogens is 306 g/mol.